The second kappa shape index (κ2) is 9.04. The highest BCUT2D eigenvalue weighted by Crippen LogP contribution is 2.44. The molecule has 0 unspecified atom stereocenters. The summed E-state index contributed by atoms with van der Waals surface area (Å²) in [6, 6.07) is 16.6. The molecule has 0 aromatic heterocycles. The van der Waals surface area contributed by atoms with Crippen molar-refractivity contribution < 1.29 is 14.6 Å². The molecule has 0 bridgehead atoms. The van der Waals surface area contributed by atoms with Crippen LogP contribution in [0.1, 0.15) is 43.7 Å². The maximum atomic E-state index is 10.7. The Morgan fingerprint density at radius 2 is 1.46 bits per heavy atom. The average Bonchev–Trinajstić information content (AvgIpc) is 2.94. The quantitative estimate of drug-likeness (QED) is 0.531. The number of benzene rings is 2. The first-order valence-electron chi connectivity index (χ1n) is 8.89. The summed E-state index contributed by atoms with van der Waals surface area (Å²) in [4.78, 5) is 10.7. The minimum atomic E-state index is -0.934. The van der Waals surface area contributed by atoms with Gasteiger partial charge in [0, 0.05) is 5.92 Å². The van der Waals surface area contributed by atoms with Gasteiger partial charge in [-0.3, -0.25) is 4.79 Å². The molecule has 0 fully saturated rings. The van der Waals surface area contributed by atoms with E-state index in [-0.39, 0.29) is 12.3 Å². The van der Waals surface area contributed by atoms with Crippen LogP contribution in [0.15, 0.2) is 73.0 Å². The zero-order valence-corrected chi connectivity index (χ0v) is 15.5. The fourth-order valence-electron chi connectivity index (χ4n) is 3.01. The molecule has 3 heteroatoms. The van der Waals surface area contributed by atoms with Crippen LogP contribution >= 0.6 is 0 Å². The number of aliphatic carboxylic acids is 1. The monoisotopic (exact) mass is 350 g/mol. The van der Waals surface area contributed by atoms with Crippen LogP contribution in [0.2, 0.25) is 0 Å². The number of hydrogen-bond donors (Lipinski definition) is 1. The molecule has 3 nitrogen and oxygen atoms in total. The second-order valence-corrected chi connectivity index (χ2v) is 6.34. The Morgan fingerprint density at radius 1 is 1.00 bits per heavy atom. The third-order valence-electron chi connectivity index (χ3n) is 4.15. The standard InChI is InChI=1S/C20H18O3.C3H8/c1-13(11-20(21)22)14(2)23-12-19-17-9-5-3-7-15(17)16-8-4-6-10-18(16)19;1-3-2/h3-10,19H,1-2,11-12H2,(H,21,22);3H2,1-2H3. The third-order valence-corrected chi connectivity index (χ3v) is 4.15. The van der Waals surface area contributed by atoms with Crippen LogP contribution in [0.25, 0.3) is 11.1 Å². The van der Waals surface area contributed by atoms with Crippen LogP contribution in [0.4, 0.5) is 0 Å². The van der Waals surface area contributed by atoms with Gasteiger partial charge in [0.25, 0.3) is 0 Å². The van der Waals surface area contributed by atoms with Crippen molar-refractivity contribution in [2.24, 2.45) is 0 Å². The molecule has 0 amide bonds. The summed E-state index contributed by atoms with van der Waals surface area (Å²) in [7, 11) is 0. The SMILES string of the molecule is C=C(CC(=O)O)C(=C)OCC1c2ccccc2-c2ccccc21.CCC. The summed E-state index contributed by atoms with van der Waals surface area (Å²) in [6.45, 7) is 12.2. The van der Waals surface area contributed by atoms with E-state index in [1.165, 1.54) is 28.7 Å². The van der Waals surface area contributed by atoms with E-state index in [1.807, 2.05) is 24.3 Å². The van der Waals surface area contributed by atoms with Crippen LogP contribution in [0.5, 0.6) is 0 Å². The lowest BCUT2D eigenvalue weighted by Crippen LogP contribution is -2.08. The molecule has 1 aliphatic carbocycles. The lowest BCUT2D eigenvalue weighted by molar-refractivity contribution is -0.136. The number of carboxylic acids is 1. The highest BCUT2D eigenvalue weighted by Gasteiger charge is 2.28. The first kappa shape index (κ1) is 19.5. The number of rotatable bonds is 6. The van der Waals surface area contributed by atoms with Gasteiger partial charge < -0.3 is 9.84 Å². The molecule has 0 saturated heterocycles. The molecular weight excluding hydrogens is 324 g/mol. The third kappa shape index (κ3) is 4.42. The van der Waals surface area contributed by atoms with Crippen molar-refractivity contribution in [1.82, 2.24) is 0 Å². The van der Waals surface area contributed by atoms with E-state index >= 15 is 0 Å². The van der Waals surface area contributed by atoms with Gasteiger partial charge in [-0.25, -0.2) is 0 Å². The average molecular weight is 350 g/mol. The Balaban J connectivity index is 0.000000758. The molecule has 136 valence electrons. The van der Waals surface area contributed by atoms with E-state index in [0.717, 1.165) is 0 Å². The second-order valence-electron chi connectivity index (χ2n) is 6.34. The Morgan fingerprint density at radius 3 is 1.92 bits per heavy atom. The minimum absolute atomic E-state index is 0.122. The van der Waals surface area contributed by atoms with Crippen LogP contribution in [-0.4, -0.2) is 17.7 Å². The van der Waals surface area contributed by atoms with Crippen LogP contribution in [-0.2, 0) is 9.53 Å². The summed E-state index contributed by atoms with van der Waals surface area (Å²) in [5.74, 6) is -0.470. The van der Waals surface area contributed by atoms with Gasteiger partial charge in [-0.15, -0.1) is 0 Å². The van der Waals surface area contributed by atoms with Crippen LogP contribution in [0.3, 0.4) is 0 Å². The number of fused-ring (bicyclic) bond motifs is 3. The van der Waals surface area contributed by atoms with Gasteiger partial charge in [0.2, 0.25) is 0 Å². The van der Waals surface area contributed by atoms with Gasteiger partial charge in [-0.1, -0.05) is 82.0 Å². The van der Waals surface area contributed by atoms with Gasteiger partial charge in [0.1, 0.15) is 5.76 Å². The lowest BCUT2D eigenvalue weighted by atomic mass is 9.98. The van der Waals surface area contributed by atoms with E-state index in [9.17, 15) is 4.79 Å². The van der Waals surface area contributed by atoms with Crippen molar-refractivity contribution in [2.75, 3.05) is 6.61 Å². The van der Waals surface area contributed by atoms with E-state index < -0.39 is 5.97 Å². The zero-order chi connectivity index (χ0) is 19.1. The molecule has 3 rings (SSSR count). The molecule has 0 atom stereocenters. The maximum absolute atomic E-state index is 10.7. The molecule has 1 aliphatic rings. The lowest BCUT2D eigenvalue weighted by Gasteiger charge is -2.17. The van der Waals surface area contributed by atoms with E-state index in [2.05, 4.69) is 51.3 Å². The topological polar surface area (TPSA) is 46.5 Å². The normalized spacial score (nSPS) is 11.6. The first-order valence-corrected chi connectivity index (χ1v) is 8.89. The Hall–Kier alpha value is -2.81. The van der Waals surface area contributed by atoms with E-state index in [0.29, 0.717) is 17.9 Å². The van der Waals surface area contributed by atoms with Crippen molar-refractivity contribution in [1.29, 1.82) is 0 Å². The number of allylic oxidation sites excluding steroid dienone is 1. The molecule has 2 aromatic carbocycles. The summed E-state index contributed by atoms with van der Waals surface area (Å²) < 4.78 is 5.74. The van der Waals surface area contributed by atoms with Crippen LogP contribution < -0.4 is 0 Å². The van der Waals surface area contributed by atoms with Crippen molar-refractivity contribution >= 4 is 5.97 Å². The van der Waals surface area contributed by atoms with Crippen LogP contribution in [0, 0.1) is 0 Å². The summed E-state index contributed by atoms with van der Waals surface area (Å²) in [5.41, 5.74) is 5.31. The molecule has 1 N–H and O–H groups in total. The number of carboxylic acid groups (broad SMARTS) is 1. The Bertz CT molecular complexity index is 759. The van der Waals surface area contributed by atoms with Gasteiger partial charge in [-0.2, -0.15) is 0 Å². The Labute approximate surface area is 155 Å². The largest absolute Gasteiger partial charge is 0.493 e. The first-order chi connectivity index (χ1) is 12.5. The van der Waals surface area contributed by atoms with Gasteiger partial charge in [-0.05, 0) is 27.8 Å². The fraction of sp³-hybridized carbons (Fsp3) is 0.261. The van der Waals surface area contributed by atoms with Crippen molar-refractivity contribution in [3.63, 3.8) is 0 Å². The summed E-state index contributed by atoms with van der Waals surface area (Å²) in [5, 5.41) is 8.82. The molecule has 0 heterocycles. The van der Waals surface area contributed by atoms with E-state index in [1.54, 1.807) is 0 Å². The fourth-order valence-corrected chi connectivity index (χ4v) is 3.01. The van der Waals surface area contributed by atoms with Gasteiger partial charge in [0.05, 0.1) is 13.0 Å². The maximum Gasteiger partial charge on any atom is 0.307 e. The van der Waals surface area contributed by atoms with Crippen molar-refractivity contribution in [2.45, 2.75) is 32.6 Å². The number of ether oxygens (including phenoxy) is 1. The van der Waals surface area contributed by atoms with Crippen molar-refractivity contribution in [3.8, 4) is 11.1 Å². The molecule has 0 spiro atoms. The molecule has 2 aromatic rings. The molecule has 26 heavy (non-hydrogen) atoms. The minimum Gasteiger partial charge on any atom is -0.493 e. The molecular formula is C23H26O3. The highest BCUT2D eigenvalue weighted by molar-refractivity contribution is 5.78. The van der Waals surface area contributed by atoms with Crippen molar-refractivity contribution in [3.05, 3.63) is 84.1 Å². The molecule has 0 radical (unpaired) electrons. The predicted octanol–water partition coefficient (Wildman–Crippen LogP) is 5.78. The summed E-state index contributed by atoms with van der Waals surface area (Å²) in [6.07, 6.45) is 1.09. The molecule has 0 aliphatic heterocycles. The zero-order valence-electron chi connectivity index (χ0n) is 15.5. The summed E-state index contributed by atoms with van der Waals surface area (Å²) >= 11 is 0. The Kier molecular flexibility index (Phi) is 6.79. The van der Waals surface area contributed by atoms with Gasteiger partial charge >= 0.3 is 5.97 Å². The van der Waals surface area contributed by atoms with Gasteiger partial charge in [0.15, 0.2) is 0 Å². The molecule has 0 saturated carbocycles. The highest BCUT2D eigenvalue weighted by atomic mass is 16.5. The van der Waals surface area contributed by atoms with E-state index in [4.69, 9.17) is 9.84 Å². The predicted molar refractivity (Wildman–Crippen MR) is 106 cm³/mol. The smallest absolute Gasteiger partial charge is 0.307 e. The number of hydrogen-bond acceptors (Lipinski definition) is 2. The number of carbonyl (C=O) groups is 1.